The summed E-state index contributed by atoms with van der Waals surface area (Å²) in [6.07, 6.45) is 12.1. The Morgan fingerprint density at radius 1 is 1.32 bits per heavy atom. The molecule has 31 heavy (non-hydrogen) atoms. The van der Waals surface area contributed by atoms with Crippen LogP contribution in [0.5, 0.6) is 0 Å². The van der Waals surface area contributed by atoms with Crippen molar-refractivity contribution < 1.29 is 19.1 Å². The van der Waals surface area contributed by atoms with Crippen molar-refractivity contribution in [3.63, 3.8) is 0 Å². The molecular weight excluding hydrogens is 392 g/mol. The van der Waals surface area contributed by atoms with Gasteiger partial charge in [-0.25, -0.2) is 4.79 Å². The first kappa shape index (κ1) is 27.0. The summed E-state index contributed by atoms with van der Waals surface area (Å²) < 4.78 is 11.7. The monoisotopic (exact) mass is 434 g/mol. The van der Waals surface area contributed by atoms with Crippen molar-refractivity contribution in [1.82, 2.24) is 10.2 Å². The van der Waals surface area contributed by atoms with Gasteiger partial charge in [0, 0.05) is 31.9 Å². The Morgan fingerprint density at radius 3 is 2.45 bits per heavy atom. The quantitative estimate of drug-likeness (QED) is 0.423. The van der Waals surface area contributed by atoms with E-state index in [-0.39, 0.29) is 36.4 Å². The summed E-state index contributed by atoms with van der Waals surface area (Å²) in [6.45, 7) is 13.7. The fraction of sp³-hybridized carbons (Fsp3) is 0.760. The fourth-order valence-electron chi connectivity index (χ4n) is 4.52. The van der Waals surface area contributed by atoms with Gasteiger partial charge in [0.25, 0.3) is 0 Å². The Kier molecular flexibility index (Phi) is 10.1. The molecule has 0 radical (unpaired) electrons. The van der Waals surface area contributed by atoms with E-state index in [1.165, 1.54) is 0 Å². The predicted octanol–water partition coefficient (Wildman–Crippen LogP) is 4.68. The Bertz CT molecular complexity index is 676. The van der Waals surface area contributed by atoms with Crippen molar-refractivity contribution in [2.45, 2.75) is 110 Å². The Balaban J connectivity index is 3.48. The highest BCUT2D eigenvalue weighted by molar-refractivity contribution is 5.77. The summed E-state index contributed by atoms with van der Waals surface area (Å²) in [5, 5.41) is 3.18. The highest BCUT2D eigenvalue weighted by atomic mass is 16.6. The van der Waals surface area contributed by atoms with Crippen LogP contribution in [0.4, 0.5) is 4.79 Å². The predicted molar refractivity (Wildman–Crippen MR) is 125 cm³/mol. The van der Waals surface area contributed by atoms with Gasteiger partial charge in [-0.05, 0) is 54.4 Å². The number of ether oxygens (including phenoxy) is 2. The molecule has 6 heteroatoms. The minimum Gasteiger partial charge on any atom is -0.444 e. The second-order valence-corrected chi connectivity index (χ2v) is 9.67. The average molecular weight is 435 g/mol. The Morgan fingerprint density at radius 2 is 1.97 bits per heavy atom. The van der Waals surface area contributed by atoms with Gasteiger partial charge >= 0.3 is 6.09 Å². The number of methoxy groups -OCH3 is 1. The van der Waals surface area contributed by atoms with Gasteiger partial charge in [0.15, 0.2) is 0 Å². The molecule has 5 atom stereocenters. The molecule has 0 aromatic heterocycles. The molecule has 176 valence electrons. The van der Waals surface area contributed by atoms with E-state index in [0.29, 0.717) is 6.42 Å². The minimum absolute atomic E-state index is 0.0334. The lowest BCUT2D eigenvalue weighted by Crippen LogP contribution is -2.64. The molecule has 6 nitrogen and oxygen atoms in total. The van der Waals surface area contributed by atoms with Gasteiger partial charge in [0.2, 0.25) is 5.91 Å². The summed E-state index contributed by atoms with van der Waals surface area (Å²) in [7, 11) is 1.66. The van der Waals surface area contributed by atoms with Gasteiger partial charge in [-0.3, -0.25) is 9.69 Å². The summed E-state index contributed by atoms with van der Waals surface area (Å²) in [4.78, 5) is 27.8. The topological polar surface area (TPSA) is 67.9 Å². The molecule has 1 heterocycles. The van der Waals surface area contributed by atoms with Crippen molar-refractivity contribution in [1.29, 1.82) is 0 Å². The average Bonchev–Trinajstić information content (AvgIpc) is 2.99. The molecule has 0 aromatic carbocycles. The first-order valence-electron chi connectivity index (χ1n) is 11.4. The van der Waals surface area contributed by atoms with Crippen LogP contribution in [-0.4, -0.2) is 53.3 Å². The summed E-state index contributed by atoms with van der Waals surface area (Å²) >= 11 is 0. The summed E-state index contributed by atoms with van der Waals surface area (Å²) in [5.74, 6) is 2.45. The van der Waals surface area contributed by atoms with Crippen LogP contribution in [-0.2, 0) is 14.3 Å². The molecular formula is C25H42N2O4. The minimum atomic E-state index is -0.657. The van der Waals surface area contributed by atoms with Gasteiger partial charge in [-0.2, -0.15) is 0 Å². The largest absolute Gasteiger partial charge is 0.444 e. The molecule has 1 unspecified atom stereocenters. The van der Waals surface area contributed by atoms with Crippen LogP contribution in [0.1, 0.15) is 80.6 Å². The Labute approximate surface area is 189 Å². The first-order chi connectivity index (χ1) is 14.4. The van der Waals surface area contributed by atoms with Crippen molar-refractivity contribution in [2.75, 3.05) is 7.11 Å². The smallest absolute Gasteiger partial charge is 0.410 e. The number of rotatable bonds is 9. The van der Waals surface area contributed by atoms with Gasteiger partial charge < -0.3 is 14.8 Å². The van der Waals surface area contributed by atoms with E-state index >= 15 is 0 Å². The van der Waals surface area contributed by atoms with Crippen molar-refractivity contribution in [3.05, 3.63) is 12.2 Å². The third-order valence-corrected chi connectivity index (χ3v) is 5.92. The molecule has 0 saturated carbocycles. The van der Waals surface area contributed by atoms with Crippen LogP contribution < -0.4 is 5.32 Å². The van der Waals surface area contributed by atoms with Gasteiger partial charge in [-0.15, -0.1) is 12.3 Å². The van der Waals surface area contributed by atoms with E-state index in [4.69, 9.17) is 15.9 Å². The maximum absolute atomic E-state index is 13.3. The molecule has 1 rings (SSSR count). The molecule has 0 bridgehead atoms. The number of hydrogen-bond acceptors (Lipinski definition) is 4. The van der Waals surface area contributed by atoms with Crippen LogP contribution in [0.25, 0.3) is 0 Å². The molecule has 1 aliphatic heterocycles. The first-order valence-corrected chi connectivity index (χ1v) is 11.4. The third kappa shape index (κ3) is 7.28. The molecule has 0 aliphatic carbocycles. The van der Waals surface area contributed by atoms with Crippen LogP contribution in [0, 0.1) is 18.3 Å². The van der Waals surface area contributed by atoms with E-state index in [9.17, 15) is 9.59 Å². The maximum atomic E-state index is 13.3. The van der Waals surface area contributed by atoms with Crippen LogP contribution in [0.2, 0.25) is 0 Å². The van der Waals surface area contributed by atoms with E-state index in [2.05, 4.69) is 24.2 Å². The second-order valence-electron chi connectivity index (χ2n) is 9.67. The van der Waals surface area contributed by atoms with Crippen molar-refractivity contribution >= 4 is 12.0 Å². The number of carbonyl (C=O) groups is 2. The number of likely N-dealkylation sites (tertiary alicyclic amines) is 1. The van der Waals surface area contributed by atoms with Crippen LogP contribution in [0.3, 0.4) is 0 Å². The standard InChI is InChI=1S/C25H42N2O4/c1-10-13-15-20(28)26-22(25(8,30-9)16-12-3)21-19(14-11-2)17-18(4)27(21)23(29)31-24(5,6)7/h1,11,14,18-19,21-22H,12-13,15-17H2,2-9H3,(H,26,28)/b14-11-/t18?,19-,21-,22-,25+/m1/s1. The van der Waals surface area contributed by atoms with E-state index in [1.54, 1.807) is 12.0 Å². The molecule has 1 saturated heterocycles. The molecule has 1 aliphatic rings. The van der Waals surface area contributed by atoms with Gasteiger partial charge in [0.05, 0.1) is 17.7 Å². The lowest BCUT2D eigenvalue weighted by atomic mass is 9.80. The number of amides is 2. The lowest BCUT2D eigenvalue weighted by Gasteiger charge is -2.45. The molecule has 1 N–H and O–H groups in total. The number of hydrogen-bond donors (Lipinski definition) is 1. The Hall–Kier alpha value is -2.00. The number of terminal acetylenes is 1. The van der Waals surface area contributed by atoms with E-state index in [1.807, 2.05) is 47.6 Å². The summed E-state index contributed by atoms with van der Waals surface area (Å²) in [6, 6.07) is -0.748. The lowest BCUT2D eigenvalue weighted by molar-refractivity contribution is -0.127. The van der Waals surface area contributed by atoms with E-state index in [0.717, 1.165) is 19.3 Å². The van der Waals surface area contributed by atoms with Gasteiger partial charge in [-0.1, -0.05) is 25.5 Å². The molecule has 2 amide bonds. The number of carbonyl (C=O) groups excluding carboxylic acids is 2. The zero-order valence-corrected chi connectivity index (χ0v) is 20.7. The zero-order chi connectivity index (χ0) is 23.8. The van der Waals surface area contributed by atoms with Crippen LogP contribution in [0.15, 0.2) is 12.2 Å². The SMILES string of the molecule is C#CCCC(=O)N[C@H]([C@H]1[C@H](/C=C\C)CC(C)N1C(=O)OC(C)(C)C)[C@](C)(CCC)OC. The van der Waals surface area contributed by atoms with Gasteiger partial charge in [0.1, 0.15) is 5.60 Å². The van der Waals surface area contributed by atoms with Crippen LogP contribution >= 0.6 is 0 Å². The maximum Gasteiger partial charge on any atom is 0.410 e. The fourth-order valence-corrected chi connectivity index (χ4v) is 4.52. The molecule has 1 fully saturated rings. The molecule has 0 aromatic rings. The number of nitrogens with one attached hydrogen (secondary N) is 1. The van der Waals surface area contributed by atoms with Crippen molar-refractivity contribution in [3.8, 4) is 12.3 Å². The number of allylic oxidation sites excluding steroid dienone is 1. The zero-order valence-electron chi connectivity index (χ0n) is 20.7. The number of nitrogens with zero attached hydrogens (tertiary/aromatic N) is 1. The second kappa shape index (κ2) is 11.6. The molecule has 0 spiro atoms. The summed E-state index contributed by atoms with van der Waals surface area (Å²) in [5.41, 5.74) is -1.27. The normalized spacial score (nSPS) is 24.5. The van der Waals surface area contributed by atoms with Crippen molar-refractivity contribution in [2.24, 2.45) is 5.92 Å². The van der Waals surface area contributed by atoms with E-state index < -0.39 is 17.2 Å². The third-order valence-electron chi connectivity index (χ3n) is 5.92. The highest BCUT2D eigenvalue weighted by Crippen LogP contribution is 2.39. The highest BCUT2D eigenvalue weighted by Gasteiger charge is 2.52.